The van der Waals surface area contributed by atoms with Crippen LogP contribution in [0.3, 0.4) is 0 Å². The lowest BCUT2D eigenvalue weighted by Gasteiger charge is -2.04. The quantitative estimate of drug-likeness (QED) is 0.364. The molecule has 0 aliphatic carbocycles. The van der Waals surface area contributed by atoms with Gasteiger partial charge < -0.3 is 10.1 Å². The van der Waals surface area contributed by atoms with Gasteiger partial charge in [-0.25, -0.2) is 9.50 Å². The lowest BCUT2D eigenvalue weighted by atomic mass is 10.1. The van der Waals surface area contributed by atoms with E-state index in [0.29, 0.717) is 10.6 Å². The molecule has 0 aliphatic heterocycles. The molecule has 7 heteroatoms. The van der Waals surface area contributed by atoms with Crippen LogP contribution in [0.2, 0.25) is 0 Å². The van der Waals surface area contributed by atoms with Gasteiger partial charge in [-0.3, -0.25) is 4.79 Å². The van der Waals surface area contributed by atoms with E-state index in [1.807, 2.05) is 42.8 Å². The molecular weight excluding hydrogens is 420 g/mol. The highest BCUT2D eigenvalue weighted by atomic mass is 32.1. The van der Waals surface area contributed by atoms with Crippen molar-refractivity contribution in [1.82, 2.24) is 14.6 Å². The summed E-state index contributed by atoms with van der Waals surface area (Å²) >= 11 is 1.38. The van der Waals surface area contributed by atoms with Crippen molar-refractivity contribution >= 4 is 34.2 Å². The molecule has 0 saturated carbocycles. The number of hydrogen-bond acceptors (Lipinski definition) is 5. The van der Waals surface area contributed by atoms with Gasteiger partial charge in [-0.1, -0.05) is 30.9 Å². The smallest absolute Gasteiger partial charge is 0.265 e. The monoisotopic (exact) mass is 442 g/mol. The average molecular weight is 443 g/mol. The highest BCUT2D eigenvalue weighted by Gasteiger charge is 2.15. The maximum Gasteiger partial charge on any atom is 0.265 e. The molecule has 0 fully saturated rings. The average Bonchev–Trinajstić information content (AvgIpc) is 3.47. The minimum absolute atomic E-state index is 0.164. The Labute approximate surface area is 190 Å². The zero-order valence-corrected chi connectivity index (χ0v) is 18.6. The molecule has 32 heavy (non-hydrogen) atoms. The number of aromatic nitrogens is 3. The normalized spacial score (nSPS) is 11.8. The van der Waals surface area contributed by atoms with Gasteiger partial charge in [0, 0.05) is 29.2 Å². The van der Waals surface area contributed by atoms with E-state index in [0.717, 1.165) is 33.7 Å². The summed E-state index contributed by atoms with van der Waals surface area (Å²) in [6.45, 7) is 5.84. The van der Waals surface area contributed by atoms with Gasteiger partial charge in [0.05, 0.1) is 18.2 Å². The first-order valence-corrected chi connectivity index (χ1v) is 10.8. The van der Waals surface area contributed by atoms with Crippen LogP contribution >= 0.6 is 11.3 Å². The molecule has 3 heterocycles. The van der Waals surface area contributed by atoms with Crippen molar-refractivity contribution in [3.05, 3.63) is 95.6 Å². The number of allylic oxidation sites excluding steroid dienone is 5. The number of ether oxygens (including phenoxy) is 1. The van der Waals surface area contributed by atoms with Gasteiger partial charge in [-0.2, -0.15) is 5.10 Å². The van der Waals surface area contributed by atoms with Crippen LogP contribution in [0.4, 0.5) is 5.69 Å². The summed E-state index contributed by atoms with van der Waals surface area (Å²) in [7, 11) is 1.61. The van der Waals surface area contributed by atoms with Crippen LogP contribution < -0.4 is 10.1 Å². The van der Waals surface area contributed by atoms with Crippen LogP contribution in [-0.4, -0.2) is 27.6 Å². The first kappa shape index (κ1) is 21.3. The number of rotatable bonds is 7. The minimum atomic E-state index is -0.164. The SMILES string of the molecule is C=C/C(=C\C=C/C)c1cnc2c(-c3csc(C(=O)Nc4ccc(OC)cc4)c3)cnn2c1. The number of nitrogens with zero attached hydrogens (tertiary/aromatic N) is 3. The molecule has 1 aromatic carbocycles. The van der Waals surface area contributed by atoms with E-state index < -0.39 is 0 Å². The summed E-state index contributed by atoms with van der Waals surface area (Å²) in [5.74, 6) is 0.575. The van der Waals surface area contributed by atoms with E-state index in [4.69, 9.17) is 4.74 Å². The zero-order valence-electron chi connectivity index (χ0n) is 17.8. The molecule has 3 aromatic heterocycles. The third-order valence-electron chi connectivity index (χ3n) is 4.86. The molecule has 0 unspecified atom stereocenters. The molecule has 4 aromatic rings. The maximum absolute atomic E-state index is 12.7. The predicted octanol–water partition coefficient (Wildman–Crippen LogP) is 5.86. The number of hydrogen-bond donors (Lipinski definition) is 1. The van der Waals surface area contributed by atoms with Gasteiger partial charge in [0.1, 0.15) is 5.75 Å². The van der Waals surface area contributed by atoms with E-state index in [2.05, 4.69) is 22.0 Å². The molecule has 4 rings (SSSR count). The van der Waals surface area contributed by atoms with E-state index in [1.165, 1.54) is 11.3 Å². The van der Waals surface area contributed by atoms with Gasteiger partial charge in [0.2, 0.25) is 0 Å². The lowest BCUT2D eigenvalue weighted by Crippen LogP contribution is -2.09. The largest absolute Gasteiger partial charge is 0.497 e. The summed E-state index contributed by atoms with van der Waals surface area (Å²) in [5.41, 5.74) is 5.09. The molecule has 6 nitrogen and oxygen atoms in total. The number of benzene rings is 1. The van der Waals surface area contributed by atoms with Crippen LogP contribution in [-0.2, 0) is 0 Å². The van der Waals surface area contributed by atoms with E-state index in [1.54, 1.807) is 54.4 Å². The number of carbonyl (C=O) groups excluding carboxylic acids is 1. The molecule has 0 spiro atoms. The standard InChI is InChI=1S/C25H22N4O2S/c1-4-6-7-17(5-2)19-13-26-24-22(14-27-29(24)15-19)18-12-23(32-16-18)25(30)28-20-8-10-21(31-3)11-9-20/h4-16H,2H2,1,3H3,(H,28,30)/b6-4-,17-7+. The van der Waals surface area contributed by atoms with Crippen molar-refractivity contribution in [2.75, 3.05) is 12.4 Å². The zero-order chi connectivity index (χ0) is 22.5. The third kappa shape index (κ3) is 4.38. The minimum Gasteiger partial charge on any atom is -0.497 e. The number of amides is 1. The fraction of sp³-hybridized carbons (Fsp3) is 0.0800. The Morgan fingerprint density at radius 1 is 1.25 bits per heavy atom. The second-order valence-electron chi connectivity index (χ2n) is 6.90. The molecule has 1 N–H and O–H groups in total. The number of anilines is 1. The van der Waals surface area contributed by atoms with Crippen LogP contribution in [0.1, 0.15) is 22.2 Å². The number of methoxy groups -OCH3 is 1. The summed E-state index contributed by atoms with van der Waals surface area (Å²) < 4.78 is 6.89. The Balaban J connectivity index is 1.57. The van der Waals surface area contributed by atoms with Crippen molar-refractivity contribution in [2.45, 2.75) is 6.92 Å². The molecule has 1 amide bonds. The third-order valence-corrected chi connectivity index (χ3v) is 5.79. The van der Waals surface area contributed by atoms with Crippen molar-refractivity contribution in [2.24, 2.45) is 0 Å². The van der Waals surface area contributed by atoms with Gasteiger partial charge in [-0.05, 0) is 53.8 Å². The van der Waals surface area contributed by atoms with Gasteiger partial charge in [-0.15, -0.1) is 11.3 Å². The Hall–Kier alpha value is -3.97. The van der Waals surface area contributed by atoms with Crippen LogP contribution in [0, 0.1) is 0 Å². The summed E-state index contributed by atoms with van der Waals surface area (Å²) in [6, 6.07) is 9.08. The molecule has 160 valence electrons. The van der Waals surface area contributed by atoms with E-state index in [-0.39, 0.29) is 5.91 Å². The second kappa shape index (κ2) is 9.45. The Kier molecular flexibility index (Phi) is 6.28. The topological polar surface area (TPSA) is 68.5 Å². The fourth-order valence-electron chi connectivity index (χ4n) is 3.17. The van der Waals surface area contributed by atoms with Gasteiger partial charge in [0.15, 0.2) is 5.65 Å². The predicted molar refractivity (Wildman–Crippen MR) is 130 cm³/mol. The number of fused-ring (bicyclic) bond motifs is 1. The molecular formula is C25H22N4O2S. The van der Waals surface area contributed by atoms with E-state index >= 15 is 0 Å². The molecule has 0 saturated heterocycles. The summed E-state index contributed by atoms with van der Waals surface area (Å²) in [6.07, 6.45) is 13.2. The summed E-state index contributed by atoms with van der Waals surface area (Å²) in [4.78, 5) is 17.9. The van der Waals surface area contributed by atoms with Crippen molar-refractivity contribution in [3.8, 4) is 16.9 Å². The Morgan fingerprint density at radius 3 is 2.78 bits per heavy atom. The second-order valence-corrected chi connectivity index (χ2v) is 7.81. The first-order valence-electron chi connectivity index (χ1n) is 9.96. The highest BCUT2D eigenvalue weighted by Crippen LogP contribution is 2.29. The summed E-state index contributed by atoms with van der Waals surface area (Å²) in [5, 5.41) is 9.31. The molecule has 0 aliphatic rings. The molecule has 0 atom stereocenters. The van der Waals surface area contributed by atoms with Crippen molar-refractivity contribution < 1.29 is 9.53 Å². The van der Waals surface area contributed by atoms with Crippen LogP contribution in [0.15, 0.2) is 85.2 Å². The van der Waals surface area contributed by atoms with Crippen LogP contribution in [0.5, 0.6) is 5.75 Å². The number of nitrogens with one attached hydrogen (secondary N) is 1. The fourth-order valence-corrected chi connectivity index (χ4v) is 3.98. The van der Waals surface area contributed by atoms with Crippen LogP contribution in [0.25, 0.3) is 22.3 Å². The Morgan fingerprint density at radius 2 is 2.06 bits per heavy atom. The number of carbonyl (C=O) groups is 1. The van der Waals surface area contributed by atoms with Crippen molar-refractivity contribution in [1.29, 1.82) is 0 Å². The van der Waals surface area contributed by atoms with Crippen molar-refractivity contribution in [3.63, 3.8) is 0 Å². The Bertz CT molecular complexity index is 1330. The van der Waals surface area contributed by atoms with Gasteiger partial charge in [0.25, 0.3) is 5.91 Å². The lowest BCUT2D eigenvalue weighted by molar-refractivity contribution is 0.103. The first-order chi connectivity index (χ1) is 15.6. The molecule has 0 bridgehead atoms. The number of thiophene rings is 1. The maximum atomic E-state index is 12.7. The highest BCUT2D eigenvalue weighted by molar-refractivity contribution is 7.12. The van der Waals surface area contributed by atoms with E-state index in [9.17, 15) is 4.79 Å². The van der Waals surface area contributed by atoms with Gasteiger partial charge >= 0.3 is 0 Å². The molecule has 0 radical (unpaired) electrons.